The third-order valence-corrected chi connectivity index (χ3v) is 1.14. The molecule has 11 heavy (non-hydrogen) atoms. The lowest BCUT2D eigenvalue weighted by Crippen LogP contribution is -1.93. The van der Waals surface area contributed by atoms with Gasteiger partial charge in [-0.1, -0.05) is 12.1 Å². The molecular formula is C6H5FN2O2. The van der Waals surface area contributed by atoms with E-state index in [1.807, 2.05) is 0 Å². The molecule has 0 radical (unpaired) electrons. The Morgan fingerprint density at radius 2 is 2.09 bits per heavy atom. The number of benzene rings is 1. The van der Waals surface area contributed by atoms with E-state index in [4.69, 9.17) is 5.21 Å². The quantitative estimate of drug-likeness (QED) is 0.383. The highest BCUT2D eigenvalue weighted by molar-refractivity contribution is 5.30. The molecule has 1 aromatic carbocycles. The van der Waals surface area contributed by atoms with Gasteiger partial charge in [-0.25, -0.2) is 0 Å². The minimum Gasteiger partial charge on any atom is -0.592 e. The Balaban J connectivity index is 3.14. The molecule has 1 N–H and O–H groups in total. The summed E-state index contributed by atoms with van der Waals surface area (Å²) in [5, 5.41) is 20.7. The van der Waals surface area contributed by atoms with Gasteiger partial charge in [0.1, 0.15) is 0 Å². The van der Waals surface area contributed by atoms with Crippen LogP contribution in [0.3, 0.4) is 0 Å². The monoisotopic (exact) mass is 156 g/mol. The fraction of sp³-hybridized carbons (Fsp3) is 0. The van der Waals surface area contributed by atoms with Crippen LogP contribution in [-0.2, 0) is 0 Å². The lowest BCUT2D eigenvalue weighted by molar-refractivity contribution is -0.475. The van der Waals surface area contributed by atoms with Crippen molar-refractivity contribution >= 4 is 5.69 Å². The number of rotatable bonds is 1. The lowest BCUT2D eigenvalue weighted by atomic mass is 10.3. The highest BCUT2D eigenvalue weighted by atomic mass is 19.1. The normalized spacial score (nSPS) is 11.5. The highest BCUT2D eigenvalue weighted by Crippen LogP contribution is 2.15. The van der Waals surface area contributed by atoms with Crippen molar-refractivity contribution in [3.63, 3.8) is 0 Å². The molecule has 0 aromatic heterocycles. The average molecular weight is 156 g/mol. The number of para-hydroxylation sites is 1. The zero-order valence-corrected chi connectivity index (χ0v) is 5.44. The Morgan fingerprint density at radius 3 is 2.64 bits per heavy atom. The zero-order chi connectivity index (χ0) is 8.27. The van der Waals surface area contributed by atoms with E-state index in [1.165, 1.54) is 18.2 Å². The number of hydrogen-bond acceptors (Lipinski definition) is 2. The molecular weight excluding hydrogens is 151 g/mol. The first-order valence-electron chi connectivity index (χ1n) is 2.82. The summed E-state index contributed by atoms with van der Waals surface area (Å²) in [5.74, 6) is -0.722. The third kappa shape index (κ3) is 1.43. The summed E-state index contributed by atoms with van der Waals surface area (Å²) in [6.45, 7) is 0. The smallest absolute Gasteiger partial charge is 0.283 e. The molecule has 0 amide bonds. The molecule has 0 heterocycles. The maximum absolute atomic E-state index is 12.6. The summed E-state index contributed by atoms with van der Waals surface area (Å²) < 4.78 is 12.6. The number of hydrogen-bond donors (Lipinski definition) is 1. The van der Waals surface area contributed by atoms with Gasteiger partial charge in [-0.05, 0) is 10.9 Å². The fourth-order valence-electron chi connectivity index (χ4n) is 0.655. The molecule has 1 rings (SSSR count). The van der Waals surface area contributed by atoms with Crippen LogP contribution < -0.4 is 0 Å². The molecule has 0 aliphatic heterocycles. The van der Waals surface area contributed by atoms with Crippen LogP contribution in [0.25, 0.3) is 0 Å². The Kier molecular flexibility index (Phi) is 2.00. The summed E-state index contributed by atoms with van der Waals surface area (Å²) in [7, 11) is 0. The first-order valence-corrected chi connectivity index (χ1v) is 2.82. The topological polar surface area (TPSA) is 58.7 Å². The minimum absolute atomic E-state index is 0.199. The molecule has 0 atom stereocenters. The van der Waals surface area contributed by atoms with E-state index < -0.39 is 5.82 Å². The summed E-state index contributed by atoms with van der Waals surface area (Å²) >= 11 is 0. The SMILES string of the molecule is [O-][N+](=NO)c1ccccc1F. The summed E-state index contributed by atoms with van der Waals surface area (Å²) in [4.78, 5) is -0.199. The van der Waals surface area contributed by atoms with Crippen molar-refractivity contribution in [3.8, 4) is 0 Å². The molecule has 0 aliphatic carbocycles. The Labute approximate surface area is 61.8 Å². The van der Waals surface area contributed by atoms with Crippen molar-refractivity contribution in [2.24, 2.45) is 5.28 Å². The maximum Gasteiger partial charge on any atom is 0.283 e. The second-order valence-electron chi connectivity index (χ2n) is 1.81. The van der Waals surface area contributed by atoms with E-state index in [9.17, 15) is 9.60 Å². The molecule has 0 aliphatic rings. The van der Waals surface area contributed by atoms with E-state index in [0.29, 0.717) is 0 Å². The largest absolute Gasteiger partial charge is 0.592 e. The van der Waals surface area contributed by atoms with Gasteiger partial charge in [-0.15, -0.1) is 0 Å². The number of halogens is 1. The lowest BCUT2D eigenvalue weighted by Gasteiger charge is -1.95. The van der Waals surface area contributed by atoms with Crippen LogP contribution in [0, 0.1) is 11.0 Å². The summed E-state index contributed by atoms with van der Waals surface area (Å²) in [6.07, 6.45) is 0. The van der Waals surface area contributed by atoms with E-state index in [-0.39, 0.29) is 10.5 Å². The standard InChI is InChI=1S/C6H5FN2O2/c7-5-3-1-2-4-6(5)9(11)8-10/h1-4,10H. The Morgan fingerprint density at radius 1 is 1.45 bits per heavy atom. The van der Waals surface area contributed by atoms with Crippen LogP contribution in [0.1, 0.15) is 0 Å². The third-order valence-electron chi connectivity index (χ3n) is 1.14. The molecule has 58 valence electrons. The first-order chi connectivity index (χ1) is 5.25. The summed E-state index contributed by atoms with van der Waals surface area (Å²) in [5.41, 5.74) is -0.310. The maximum atomic E-state index is 12.6. The van der Waals surface area contributed by atoms with Crippen LogP contribution in [0.15, 0.2) is 29.5 Å². The molecule has 0 unspecified atom stereocenters. The predicted octanol–water partition coefficient (Wildman–Crippen LogP) is 1.81. The van der Waals surface area contributed by atoms with Gasteiger partial charge in [0.05, 0.1) is 0 Å². The van der Waals surface area contributed by atoms with Crippen molar-refractivity contribution in [2.75, 3.05) is 0 Å². The molecule has 0 saturated carbocycles. The van der Waals surface area contributed by atoms with Gasteiger partial charge in [0, 0.05) is 6.07 Å². The predicted molar refractivity (Wildman–Crippen MR) is 33.9 cm³/mol. The molecule has 0 fully saturated rings. The second kappa shape index (κ2) is 2.96. The average Bonchev–Trinajstić information content (AvgIpc) is 2.04. The van der Waals surface area contributed by atoms with Gasteiger partial charge in [-0.3, -0.25) is 0 Å². The van der Waals surface area contributed by atoms with Gasteiger partial charge < -0.3 is 10.4 Å². The van der Waals surface area contributed by atoms with Crippen LogP contribution in [-0.4, -0.2) is 10.1 Å². The van der Waals surface area contributed by atoms with E-state index in [0.717, 1.165) is 6.07 Å². The van der Waals surface area contributed by atoms with Crippen LogP contribution >= 0.6 is 0 Å². The molecule has 5 heteroatoms. The Hall–Kier alpha value is -1.65. The van der Waals surface area contributed by atoms with Crippen molar-refractivity contribution in [2.45, 2.75) is 0 Å². The molecule has 4 nitrogen and oxygen atoms in total. The second-order valence-corrected chi connectivity index (χ2v) is 1.81. The molecule has 1 aromatic rings. The highest BCUT2D eigenvalue weighted by Gasteiger charge is 2.09. The molecule has 0 bridgehead atoms. The van der Waals surface area contributed by atoms with E-state index >= 15 is 0 Å². The Bertz CT molecular complexity index is 288. The van der Waals surface area contributed by atoms with E-state index in [2.05, 4.69) is 5.28 Å². The van der Waals surface area contributed by atoms with Crippen molar-refractivity contribution in [1.29, 1.82) is 0 Å². The van der Waals surface area contributed by atoms with E-state index in [1.54, 1.807) is 0 Å². The van der Waals surface area contributed by atoms with Gasteiger partial charge in [-0.2, -0.15) is 4.39 Å². The molecule has 0 spiro atoms. The van der Waals surface area contributed by atoms with Gasteiger partial charge >= 0.3 is 0 Å². The van der Waals surface area contributed by atoms with Gasteiger partial charge in [0.25, 0.3) is 5.69 Å². The fourth-order valence-corrected chi connectivity index (χ4v) is 0.655. The van der Waals surface area contributed by atoms with Gasteiger partial charge in [0.15, 0.2) is 5.82 Å². The minimum atomic E-state index is -0.722. The van der Waals surface area contributed by atoms with Gasteiger partial charge in [0.2, 0.25) is 5.28 Å². The van der Waals surface area contributed by atoms with Crippen LogP contribution in [0.4, 0.5) is 10.1 Å². The van der Waals surface area contributed by atoms with Crippen LogP contribution in [0.5, 0.6) is 0 Å². The van der Waals surface area contributed by atoms with Crippen molar-refractivity contribution in [3.05, 3.63) is 35.3 Å². The first kappa shape index (κ1) is 7.46. The zero-order valence-electron chi connectivity index (χ0n) is 5.44. The van der Waals surface area contributed by atoms with Crippen molar-refractivity contribution < 1.29 is 14.5 Å². The van der Waals surface area contributed by atoms with Crippen molar-refractivity contribution in [1.82, 2.24) is 0 Å². The van der Waals surface area contributed by atoms with Crippen LogP contribution in [0.2, 0.25) is 0 Å². The summed E-state index contributed by atoms with van der Waals surface area (Å²) in [6, 6.07) is 5.21. The number of nitrogens with zero attached hydrogens (tertiary/aromatic N) is 2. The molecule has 0 saturated heterocycles.